The summed E-state index contributed by atoms with van der Waals surface area (Å²) in [6.07, 6.45) is -8.75. The summed E-state index contributed by atoms with van der Waals surface area (Å²) in [4.78, 5) is 0. The summed E-state index contributed by atoms with van der Waals surface area (Å²) in [5.74, 6) is 0. The van der Waals surface area contributed by atoms with Crippen LogP contribution in [0.25, 0.3) is 0 Å². The van der Waals surface area contributed by atoms with Crippen LogP contribution < -0.4 is 0 Å². The second-order valence-electron chi connectivity index (χ2n) is 1.41. The first-order valence-electron chi connectivity index (χ1n) is 2.33. The third-order valence-electron chi connectivity index (χ3n) is 0.752. The second-order valence-corrected chi connectivity index (χ2v) is 1.63. The summed E-state index contributed by atoms with van der Waals surface area (Å²) in [7, 11) is 0. The van der Waals surface area contributed by atoms with E-state index in [-0.39, 0.29) is 0 Å². The molecule has 10 heavy (non-hydrogen) atoms. The average Bonchev–Trinajstić information content (AvgIpc) is 1.81. The predicted octanol–water partition coefficient (Wildman–Crippen LogP) is 2.10. The molecule has 0 aliphatic carbocycles. The van der Waals surface area contributed by atoms with Gasteiger partial charge >= 0.3 is 0 Å². The van der Waals surface area contributed by atoms with Crippen LogP contribution in [0.2, 0.25) is 0 Å². The molecule has 1 nitrogen and oxygen atoms in total. The van der Waals surface area contributed by atoms with Gasteiger partial charge in [0.25, 0.3) is 12.9 Å². The number of alkyl halides is 5. The minimum Gasteiger partial charge on any atom is -0.351 e. The Balaban J connectivity index is 3.73. The molecule has 0 saturated heterocycles. The highest BCUT2D eigenvalue weighted by Gasteiger charge is 2.30. The summed E-state index contributed by atoms with van der Waals surface area (Å²) < 4.78 is 49.7. The average molecular weight is 181 g/mol. The van der Waals surface area contributed by atoms with E-state index in [9.17, 15) is 17.6 Å². The molecule has 6 heteroatoms. The topological polar surface area (TPSA) is 9.23 Å². The van der Waals surface area contributed by atoms with Crippen LogP contribution in [0.3, 0.4) is 0 Å². The van der Waals surface area contributed by atoms with Gasteiger partial charge in [-0.25, -0.2) is 17.6 Å². The van der Waals surface area contributed by atoms with Crippen molar-refractivity contribution < 1.29 is 22.3 Å². The molecule has 0 aromatic rings. The standard InChI is InChI=1S/C4H5ClF4O/c5-1-10-2(3(6)7)4(8)9/h2-4H,1H2. The SMILES string of the molecule is FC(F)C(OCCl)C(F)F. The van der Waals surface area contributed by atoms with Gasteiger partial charge in [0.1, 0.15) is 6.07 Å². The van der Waals surface area contributed by atoms with Gasteiger partial charge in [-0.2, -0.15) is 0 Å². The smallest absolute Gasteiger partial charge is 0.270 e. The van der Waals surface area contributed by atoms with Crippen molar-refractivity contribution in [2.75, 3.05) is 6.07 Å². The maximum absolute atomic E-state index is 11.5. The van der Waals surface area contributed by atoms with E-state index in [1.165, 1.54) is 0 Å². The molecule has 0 aromatic heterocycles. The van der Waals surface area contributed by atoms with Gasteiger partial charge in [0.05, 0.1) is 0 Å². The minimum absolute atomic E-state index is 0.653. The first kappa shape index (κ1) is 9.97. The van der Waals surface area contributed by atoms with Gasteiger partial charge in [-0.1, -0.05) is 11.6 Å². The lowest BCUT2D eigenvalue weighted by atomic mass is 10.4. The van der Waals surface area contributed by atoms with Crippen molar-refractivity contribution in [3.63, 3.8) is 0 Å². The van der Waals surface area contributed by atoms with E-state index in [0.717, 1.165) is 0 Å². The summed E-state index contributed by atoms with van der Waals surface area (Å²) in [5.41, 5.74) is 0. The molecule has 0 bridgehead atoms. The Morgan fingerprint density at radius 2 is 1.50 bits per heavy atom. The van der Waals surface area contributed by atoms with Crippen LogP contribution in [0.1, 0.15) is 0 Å². The molecule has 0 saturated carbocycles. The molecule has 0 fully saturated rings. The number of ether oxygens (including phenoxy) is 1. The molecule has 0 unspecified atom stereocenters. The van der Waals surface area contributed by atoms with Crippen molar-refractivity contribution in [3.05, 3.63) is 0 Å². The van der Waals surface area contributed by atoms with Gasteiger partial charge in [0.2, 0.25) is 0 Å². The van der Waals surface area contributed by atoms with Gasteiger partial charge in [-0.15, -0.1) is 0 Å². The van der Waals surface area contributed by atoms with E-state index >= 15 is 0 Å². The predicted molar refractivity (Wildman–Crippen MR) is 27.6 cm³/mol. The highest BCUT2D eigenvalue weighted by Crippen LogP contribution is 2.14. The van der Waals surface area contributed by atoms with Crippen LogP contribution in [0.4, 0.5) is 17.6 Å². The van der Waals surface area contributed by atoms with E-state index in [1.54, 1.807) is 0 Å². The largest absolute Gasteiger partial charge is 0.351 e. The van der Waals surface area contributed by atoms with Crippen LogP contribution in [0.15, 0.2) is 0 Å². The third-order valence-corrected chi connectivity index (χ3v) is 0.878. The molecule has 0 amide bonds. The van der Waals surface area contributed by atoms with Gasteiger partial charge in [0.15, 0.2) is 6.10 Å². The van der Waals surface area contributed by atoms with Crippen molar-refractivity contribution in [1.82, 2.24) is 0 Å². The molecule has 0 radical (unpaired) electrons. The van der Waals surface area contributed by atoms with Crippen LogP contribution in [0.5, 0.6) is 0 Å². The molecule has 0 rings (SSSR count). The zero-order chi connectivity index (χ0) is 8.15. The molecule has 0 heterocycles. The molecular weight excluding hydrogens is 175 g/mol. The zero-order valence-electron chi connectivity index (χ0n) is 4.74. The monoisotopic (exact) mass is 180 g/mol. The third kappa shape index (κ3) is 3.22. The molecular formula is C4H5ClF4O. The van der Waals surface area contributed by atoms with Crippen LogP contribution in [0, 0.1) is 0 Å². The van der Waals surface area contributed by atoms with E-state index < -0.39 is 25.0 Å². The Bertz CT molecular complexity index is 81.3. The Morgan fingerprint density at radius 1 is 1.10 bits per heavy atom. The quantitative estimate of drug-likeness (QED) is 0.476. The Kier molecular flexibility index (Phi) is 4.72. The fourth-order valence-corrected chi connectivity index (χ4v) is 0.474. The number of hydrogen-bond donors (Lipinski definition) is 0. The summed E-state index contributed by atoms with van der Waals surface area (Å²) in [6, 6.07) is -0.653. The lowest BCUT2D eigenvalue weighted by molar-refractivity contribution is -0.116. The second kappa shape index (κ2) is 4.73. The van der Waals surface area contributed by atoms with Crippen molar-refractivity contribution >= 4 is 11.6 Å². The van der Waals surface area contributed by atoms with E-state index in [0.29, 0.717) is 0 Å². The van der Waals surface area contributed by atoms with Gasteiger partial charge < -0.3 is 4.74 Å². The number of halogens is 5. The van der Waals surface area contributed by atoms with Crippen molar-refractivity contribution in [3.8, 4) is 0 Å². The van der Waals surface area contributed by atoms with Crippen molar-refractivity contribution in [2.24, 2.45) is 0 Å². The molecule has 0 aromatic carbocycles. The van der Waals surface area contributed by atoms with Gasteiger partial charge in [-0.05, 0) is 0 Å². The molecule has 0 atom stereocenters. The lowest BCUT2D eigenvalue weighted by Crippen LogP contribution is -2.29. The number of rotatable bonds is 4. The highest BCUT2D eigenvalue weighted by atomic mass is 35.5. The fraction of sp³-hybridized carbons (Fsp3) is 1.00. The van der Waals surface area contributed by atoms with Gasteiger partial charge in [-0.3, -0.25) is 0 Å². The summed E-state index contributed by atoms with van der Waals surface area (Å²) >= 11 is 4.80. The van der Waals surface area contributed by atoms with Crippen molar-refractivity contribution in [1.29, 1.82) is 0 Å². The maximum Gasteiger partial charge on any atom is 0.270 e. The number of hydrogen-bond acceptors (Lipinski definition) is 1. The normalized spacial score (nSPS) is 12.0. The van der Waals surface area contributed by atoms with Crippen LogP contribution >= 0.6 is 11.6 Å². The van der Waals surface area contributed by atoms with E-state index in [4.69, 9.17) is 11.6 Å². The molecule has 0 spiro atoms. The molecule has 0 aliphatic rings. The summed E-state index contributed by atoms with van der Waals surface area (Å²) in [5, 5.41) is 0. The molecule has 62 valence electrons. The van der Waals surface area contributed by atoms with E-state index in [1.807, 2.05) is 0 Å². The maximum atomic E-state index is 11.5. The first-order valence-corrected chi connectivity index (χ1v) is 2.87. The Morgan fingerprint density at radius 3 is 1.60 bits per heavy atom. The van der Waals surface area contributed by atoms with Crippen LogP contribution in [-0.4, -0.2) is 25.0 Å². The lowest BCUT2D eigenvalue weighted by Gasteiger charge is -2.13. The first-order chi connectivity index (χ1) is 4.59. The Hall–Kier alpha value is -0.0300. The van der Waals surface area contributed by atoms with E-state index in [2.05, 4.69) is 4.74 Å². The van der Waals surface area contributed by atoms with Gasteiger partial charge in [0, 0.05) is 0 Å². The van der Waals surface area contributed by atoms with Crippen LogP contribution in [-0.2, 0) is 4.74 Å². The van der Waals surface area contributed by atoms with Crippen molar-refractivity contribution in [2.45, 2.75) is 19.0 Å². The highest BCUT2D eigenvalue weighted by molar-refractivity contribution is 6.17. The summed E-state index contributed by atoms with van der Waals surface area (Å²) in [6.45, 7) is 0. The molecule has 0 aliphatic heterocycles. The molecule has 0 N–H and O–H groups in total. The fourth-order valence-electron chi connectivity index (χ4n) is 0.328. The zero-order valence-corrected chi connectivity index (χ0v) is 5.49. The Labute approximate surface area is 59.9 Å². The minimum atomic E-state index is -3.20.